The van der Waals surface area contributed by atoms with E-state index in [-0.39, 0.29) is 12.5 Å². The SMILES string of the molecule is CCC[C@@](C)(CO)NC(=O)c1ccoc1Br. The van der Waals surface area contributed by atoms with Crippen molar-refractivity contribution in [1.29, 1.82) is 0 Å². The fraction of sp³-hybridized carbons (Fsp3) is 0.545. The van der Waals surface area contributed by atoms with Gasteiger partial charge < -0.3 is 14.8 Å². The van der Waals surface area contributed by atoms with Crippen LogP contribution in [0.15, 0.2) is 21.4 Å². The van der Waals surface area contributed by atoms with E-state index in [1.54, 1.807) is 6.07 Å². The highest BCUT2D eigenvalue weighted by Crippen LogP contribution is 2.19. The highest BCUT2D eigenvalue weighted by atomic mass is 79.9. The first kappa shape index (κ1) is 13.3. The molecule has 1 atom stereocenters. The number of carbonyl (C=O) groups excluding carboxylic acids is 1. The zero-order valence-corrected chi connectivity index (χ0v) is 11.0. The summed E-state index contributed by atoms with van der Waals surface area (Å²) in [7, 11) is 0. The molecule has 0 bridgehead atoms. The lowest BCUT2D eigenvalue weighted by Crippen LogP contribution is -2.48. The van der Waals surface area contributed by atoms with Crippen LogP contribution in [0.5, 0.6) is 0 Å². The van der Waals surface area contributed by atoms with Crippen molar-refractivity contribution in [1.82, 2.24) is 5.32 Å². The van der Waals surface area contributed by atoms with Crippen LogP contribution in [0.4, 0.5) is 0 Å². The molecular formula is C11H16BrNO3. The summed E-state index contributed by atoms with van der Waals surface area (Å²) in [5.41, 5.74) is -0.140. The van der Waals surface area contributed by atoms with E-state index in [4.69, 9.17) is 4.42 Å². The van der Waals surface area contributed by atoms with Gasteiger partial charge in [-0.05, 0) is 35.3 Å². The Morgan fingerprint density at radius 3 is 2.81 bits per heavy atom. The second-order valence-corrected chi connectivity index (χ2v) is 4.75. The first-order valence-corrected chi connectivity index (χ1v) is 5.98. The molecule has 16 heavy (non-hydrogen) atoms. The van der Waals surface area contributed by atoms with Crippen LogP contribution in [-0.4, -0.2) is 23.2 Å². The lowest BCUT2D eigenvalue weighted by molar-refractivity contribution is 0.0839. The number of aliphatic hydroxyl groups excluding tert-OH is 1. The van der Waals surface area contributed by atoms with Crippen molar-refractivity contribution >= 4 is 21.8 Å². The van der Waals surface area contributed by atoms with Crippen LogP contribution in [0.25, 0.3) is 0 Å². The number of hydrogen-bond acceptors (Lipinski definition) is 3. The molecule has 0 unspecified atom stereocenters. The van der Waals surface area contributed by atoms with Gasteiger partial charge in [-0.2, -0.15) is 0 Å². The third-order valence-electron chi connectivity index (χ3n) is 2.43. The molecule has 4 nitrogen and oxygen atoms in total. The van der Waals surface area contributed by atoms with Gasteiger partial charge in [-0.15, -0.1) is 0 Å². The van der Waals surface area contributed by atoms with Crippen LogP contribution < -0.4 is 5.32 Å². The molecule has 0 aliphatic heterocycles. The average Bonchev–Trinajstić information content (AvgIpc) is 2.65. The minimum Gasteiger partial charge on any atom is -0.457 e. The Bertz CT molecular complexity index is 364. The Balaban J connectivity index is 2.73. The van der Waals surface area contributed by atoms with Crippen molar-refractivity contribution in [3.8, 4) is 0 Å². The van der Waals surface area contributed by atoms with E-state index >= 15 is 0 Å². The maximum Gasteiger partial charge on any atom is 0.256 e. The van der Waals surface area contributed by atoms with Crippen molar-refractivity contribution in [2.75, 3.05) is 6.61 Å². The maximum absolute atomic E-state index is 11.9. The number of halogens is 1. The van der Waals surface area contributed by atoms with Crippen molar-refractivity contribution < 1.29 is 14.3 Å². The van der Waals surface area contributed by atoms with Gasteiger partial charge in [-0.25, -0.2) is 0 Å². The first-order valence-electron chi connectivity index (χ1n) is 5.19. The second-order valence-electron chi connectivity index (χ2n) is 4.03. The Morgan fingerprint density at radius 2 is 2.38 bits per heavy atom. The van der Waals surface area contributed by atoms with Crippen LogP contribution in [0.2, 0.25) is 0 Å². The number of carbonyl (C=O) groups is 1. The number of furan rings is 1. The normalized spacial score (nSPS) is 14.5. The number of rotatable bonds is 5. The third kappa shape index (κ3) is 3.09. The van der Waals surface area contributed by atoms with Gasteiger partial charge in [0.25, 0.3) is 5.91 Å². The molecule has 0 spiro atoms. The molecule has 1 aromatic heterocycles. The smallest absolute Gasteiger partial charge is 0.256 e. The van der Waals surface area contributed by atoms with E-state index in [0.717, 1.165) is 12.8 Å². The topological polar surface area (TPSA) is 62.5 Å². The summed E-state index contributed by atoms with van der Waals surface area (Å²) in [5.74, 6) is -0.245. The molecule has 90 valence electrons. The van der Waals surface area contributed by atoms with Gasteiger partial charge in [0.15, 0.2) is 4.67 Å². The molecule has 0 fully saturated rings. The molecule has 2 N–H and O–H groups in total. The molecule has 1 rings (SSSR count). The largest absolute Gasteiger partial charge is 0.457 e. The highest BCUT2D eigenvalue weighted by Gasteiger charge is 2.26. The number of nitrogens with one attached hydrogen (secondary N) is 1. The highest BCUT2D eigenvalue weighted by molar-refractivity contribution is 9.10. The summed E-state index contributed by atoms with van der Waals surface area (Å²) in [6.07, 6.45) is 3.06. The second kappa shape index (κ2) is 5.50. The molecule has 0 radical (unpaired) electrons. The maximum atomic E-state index is 11.9. The van der Waals surface area contributed by atoms with E-state index in [2.05, 4.69) is 21.2 Å². The lowest BCUT2D eigenvalue weighted by Gasteiger charge is -2.28. The standard InChI is InChI=1S/C11H16BrNO3/c1-3-5-11(2,7-14)13-10(15)8-4-6-16-9(8)12/h4,6,14H,3,5,7H2,1-2H3,(H,13,15)/t11-/m0/s1. The van der Waals surface area contributed by atoms with Crippen LogP contribution in [-0.2, 0) is 0 Å². The number of hydrogen-bond donors (Lipinski definition) is 2. The molecule has 0 aliphatic carbocycles. The first-order chi connectivity index (χ1) is 7.52. The van der Waals surface area contributed by atoms with E-state index < -0.39 is 5.54 Å². The summed E-state index contributed by atoms with van der Waals surface area (Å²) >= 11 is 3.15. The van der Waals surface area contributed by atoms with E-state index in [1.807, 2.05) is 13.8 Å². The monoisotopic (exact) mass is 289 g/mol. The molecule has 0 aromatic carbocycles. The lowest BCUT2D eigenvalue weighted by atomic mass is 9.97. The molecule has 0 aliphatic rings. The summed E-state index contributed by atoms with van der Waals surface area (Å²) in [5, 5.41) is 12.1. The molecular weight excluding hydrogens is 274 g/mol. The molecule has 5 heteroatoms. The van der Waals surface area contributed by atoms with E-state index in [1.165, 1.54) is 6.26 Å². The van der Waals surface area contributed by atoms with Gasteiger partial charge in [0.2, 0.25) is 0 Å². The molecule has 1 aromatic rings. The molecule has 1 heterocycles. The van der Waals surface area contributed by atoms with Gasteiger partial charge in [0.1, 0.15) is 0 Å². The van der Waals surface area contributed by atoms with Gasteiger partial charge in [-0.1, -0.05) is 13.3 Å². The minimum atomic E-state index is -0.581. The molecule has 1 amide bonds. The summed E-state index contributed by atoms with van der Waals surface area (Å²) in [6, 6.07) is 1.59. The van der Waals surface area contributed by atoms with Crippen molar-refractivity contribution in [2.45, 2.75) is 32.2 Å². The Kier molecular flexibility index (Phi) is 4.56. The average molecular weight is 290 g/mol. The Hall–Kier alpha value is -0.810. The quantitative estimate of drug-likeness (QED) is 0.874. The van der Waals surface area contributed by atoms with Gasteiger partial charge in [0, 0.05) is 0 Å². The van der Waals surface area contributed by atoms with Crippen LogP contribution in [0.1, 0.15) is 37.0 Å². The van der Waals surface area contributed by atoms with Gasteiger partial charge >= 0.3 is 0 Å². The van der Waals surface area contributed by atoms with E-state index in [9.17, 15) is 9.90 Å². The number of amides is 1. The molecule has 0 saturated carbocycles. The zero-order chi connectivity index (χ0) is 12.2. The third-order valence-corrected chi connectivity index (χ3v) is 3.04. The van der Waals surface area contributed by atoms with Crippen LogP contribution in [0.3, 0.4) is 0 Å². The predicted octanol–water partition coefficient (Wildman–Crippen LogP) is 2.32. The Labute approximate surface area is 103 Å². The van der Waals surface area contributed by atoms with Gasteiger partial charge in [0.05, 0.1) is 24.0 Å². The van der Waals surface area contributed by atoms with E-state index in [0.29, 0.717) is 10.2 Å². The summed E-state index contributed by atoms with van der Waals surface area (Å²) in [4.78, 5) is 11.9. The Morgan fingerprint density at radius 1 is 1.69 bits per heavy atom. The fourth-order valence-corrected chi connectivity index (χ4v) is 1.95. The van der Waals surface area contributed by atoms with Crippen molar-refractivity contribution in [2.24, 2.45) is 0 Å². The summed E-state index contributed by atoms with van der Waals surface area (Å²) in [6.45, 7) is 3.75. The van der Waals surface area contributed by atoms with Crippen molar-refractivity contribution in [3.05, 3.63) is 22.6 Å². The van der Waals surface area contributed by atoms with Gasteiger partial charge in [-0.3, -0.25) is 4.79 Å². The fourth-order valence-electron chi connectivity index (χ4n) is 1.53. The predicted molar refractivity (Wildman–Crippen MR) is 64.3 cm³/mol. The van der Waals surface area contributed by atoms with Crippen LogP contribution in [0, 0.1) is 0 Å². The summed E-state index contributed by atoms with van der Waals surface area (Å²) < 4.78 is 5.39. The van der Waals surface area contributed by atoms with Crippen molar-refractivity contribution in [3.63, 3.8) is 0 Å². The van der Waals surface area contributed by atoms with Crippen LogP contribution >= 0.6 is 15.9 Å². The minimum absolute atomic E-state index is 0.0813. The zero-order valence-electron chi connectivity index (χ0n) is 9.42. The number of aliphatic hydroxyl groups is 1. The molecule has 0 saturated heterocycles.